The summed E-state index contributed by atoms with van der Waals surface area (Å²) in [6.07, 6.45) is 0.436. The molecule has 0 aliphatic rings. The van der Waals surface area contributed by atoms with Crippen LogP contribution < -0.4 is 11.1 Å². The highest BCUT2D eigenvalue weighted by Gasteiger charge is 2.08. The van der Waals surface area contributed by atoms with Crippen molar-refractivity contribution in [1.82, 2.24) is 0 Å². The third-order valence-corrected chi connectivity index (χ3v) is 2.47. The Hall–Kier alpha value is -1.46. The second-order valence-electron chi connectivity index (χ2n) is 4.13. The zero-order valence-corrected chi connectivity index (χ0v) is 11.4. The number of thiocarbonyl (C=S) groups is 1. The van der Waals surface area contributed by atoms with E-state index in [1.54, 1.807) is 12.1 Å². The van der Waals surface area contributed by atoms with Gasteiger partial charge in [-0.15, -0.1) is 0 Å². The van der Waals surface area contributed by atoms with Crippen molar-refractivity contribution in [1.29, 1.82) is 0 Å². The summed E-state index contributed by atoms with van der Waals surface area (Å²) in [7, 11) is 0. The fraction of sp³-hybridized carbons (Fsp3) is 0.385. The first-order valence-electron chi connectivity index (χ1n) is 5.81. The molecule has 1 aromatic rings. The number of amides is 1. The van der Waals surface area contributed by atoms with Gasteiger partial charge >= 0.3 is 0 Å². The maximum atomic E-state index is 11.7. The monoisotopic (exact) mass is 266 g/mol. The Balaban J connectivity index is 2.56. The first-order valence-corrected chi connectivity index (χ1v) is 6.22. The highest BCUT2D eigenvalue weighted by Crippen LogP contribution is 2.14. The summed E-state index contributed by atoms with van der Waals surface area (Å²) in [4.78, 5) is 12.0. The van der Waals surface area contributed by atoms with E-state index in [1.165, 1.54) is 0 Å². The fourth-order valence-corrected chi connectivity index (χ4v) is 1.59. The van der Waals surface area contributed by atoms with Crippen molar-refractivity contribution in [3.05, 3.63) is 29.8 Å². The van der Waals surface area contributed by atoms with Crippen LogP contribution in [0.3, 0.4) is 0 Å². The molecule has 0 aromatic heterocycles. The molecule has 0 unspecified atom stereocenters. The number of ether oxygens (including phenoxy) is 1. The molecule has 0 saturated carbocycles. The summed E-state index contributed by atoms with van der Waals surface area (Å²) in [5, 5.41) is 2.78. The lowest BCUT2D eigenvalue weighted by atomic mass is 10.1. The molecule has 0 aliphatic carbocycles. The van der Waals surface area contributed by atoms with Crippen LogP contribution in [0.2, 0.25) is 0 Å². The molecule has 0 spiro atoms. The van der Waals surface area contributed by atoms with Crippen LogP contribution in [0.5, 0.6) is 0 Å². The Labute approximate surface area is 113 Å². The number of nitrogens with one attached hydrogen (secondary N) is 1. The topological polar surface area (TPSA) is 64.3 Å². The van der Waals surface area contributed by atoms with Crippen LogP contribution in [0.25, 0.3) is 0 Å². The zero-order valence-electron chi connectivity index (χ0n) is 10.6. The molecule has 0 aliphatic heterocycles. The summed E-state index contributed by atoms with van der Waals surface area (Å²) in [6.45, 7) is 4.26. The van der Waals surface area contributed by atoms with Gasteiger partial charge in [0, 0.05) is 5.56 Å². The summed E-state index contributed by atoms with van der Waals surface area (Å²) in [6, 6.07) is 7.20. The third-order valence-electron chi connectivity index (χ3n) is 2.25. The maximum Gasteiger partial charge on any atom is 0.226 e. The number of rotatable bonds is 6. The number of carbonyl (C=O) groups is 1. The van der Waals surface area contributed by atoms with Gasteiger partial charge in [0.25, 0.3) is 0 Å². The minimum absolute atomic E-state index is 0.112. The molecule has 1 amide bonds. The van der Waals surface area contributed by atoms with Crippen LogP contribution in [0.15, 0.2) is 24.3 Å². The summed E-state index contributed by atoms with van der Waals surface area (Å²) < 4.78 is 5.32. The van der Waals surface area contributed by atoms with E-state index in [0.29, 0.717) is 24.3 Å². The lowest BCUT2D eigenvalue weighted by Crippen LogP contribution is -2.19. The molecule has 0 atom stereocenters. The fourth-order valence-electron chi connectivity index (χ4n) is 1.41. The Morgan fingerprint density at radius 1 is 1.44 bits per heavy atom. The molecule has 0 bridgehead atoms. The van der Waals surface area contributed by atoms with Gasteiger partial charge in [0.05, 0.1) is 24.8 Å². The van der Waals surface area contributed by atoms with Gasteiger partial charge in [-0.05, 0) is 26.0 Å². The molecule has 18 heavy (non-hydrogen) atoms. The van der Waals surface area contributed by atoms with Crippen molar-refractivity contribution < 1.29 is 9.53 Å². The van der Waals surface area contributed by atoms with E-state index in [9.17, 15) is 4.79 Å². The predicted octanol–water partition coefficient (Wildman–Crippen LogP) is 2.07. The second kappa shape index (κ2) is 7.08. The Kier molecular flexibility index (Phi) is 5.74. The van der Waals surface area contributed by atoms with Crippen LogP contribution in [0, 0.1) is 0 Å². The lowest BCUT2D eigenvalue weighted by molar-refractivity contribution is -0.117. The molecular weight excluding hydrogens is 248 g/mol. The largest absolute Gasteiger partial charge is 0.389 e. The maximum absolute atomic E-state index is 11.7. The van der Waals surface area contributed by atoms with Gasteiger partial charge in [-0.3, -0.25) is 4.79 Å². The summed E-state index contributed by atoms with van der Waals surface area (Å²) in [5.41, 5.74) is 6.90. The molecule has 0 heterocycles. The lowest BCUT2D eigenvalue weighted by Gasteiger charge is -2.11. The zero-order chi connectivity index (χ0) is 13.5. The molecular formula is C13H18N2O2S. The smallest absolute Gasteiger partial charge is 0.226 e. The molecule has 3 N–H and O–H groups in total. The molecule has 5 heteroatoms. The quantitative estimate of drug-likeness (QED) is 0.774. The van der Waals surface area contributed by atoms with Gasteiger partial charge in [0.15, 0.2) is 0 Å². The van der Waals surface area contributed by atoms with Crippen molar-refractivity contribution in [2.24, 2.45) is 5.73 Å². The van der Waals surface area contributed by atoms with Crippen LogP contribution in [-0.4, -0.2) is 23.6 Å². The number of anilines is 1. The number of para-hydroxylation sites is 1. The van der Waals surface area contributed by atoms with Gasteiger partial charge in [-0.1, -0.05) is 24.4 Å². The summed E-state index contributed by atoms with van der Waals surface area (Å²) >= 11 is 4.93. The number of hydrogen-bond donors (Lipinski definition) is 2. The SMILES string of the molecule is CC(C)OCCC(=O)Nc1ccccc1C(N)=S. The van der Waals surface area contributed by atoms with E-state index in [4.69, 9.17) is 22.7 Å². The number of benzene rings is 1. The van der Waals surface area contributed by atoms with Crippen molar-refractivity contribution in [3.63, 3.8) is 0 Å². The van der Waals surface area contributed by atoms with Gasteiger partial charge in [-0.2, -0.15) is 0 Å². The normalized spacial score (nSPS) is 10.4. The van der Waals surface area contributed by atoms with Crippen molar-refractivity contribution in [2.75, 3.05) is 11.9 Å². The highest BCUT2D eigenvalue weighted by molar-refractivity contribution is 7.80. The van der Waals surface area contributed by atoms with Crippen LogP contribution in [0.4, 0.5) is 5.69 Å². The number of hydrogen-bond acceptors (Lipinski definition) is 3. The highest BCUT2D eigenvalue weighted by atomic mass is 32.1. The molecule has 0 fully saturated rings. The average Bonchev–Trinajstić information content (AvgIpc) is 2.28. The second-order valence-corrected chi connectivity index (χ2v) is 4.57. The first kappa shape index (κ1) is 14.6. The van der Waals surface area contributed by atoms with Crippen molar-refractivity contribution in [3.8, 4) is 0 Å². The first-order chi connectivity index (χ1) is 8.50. The third kappa shape index (κ3) is 4.81. The molecule has 4 nitrogen and oxygen atoms in total. The molecule has 1 aromatic carbocycles. The predicted molar refractivity (Wildman–Crippen MR) is 76.7 cm³/mol. The minimum atomic E-state index is -0.112. The molecule has 1 rings (SSSR count). The van der Waals surface area contributed by atoms with Crippen LogP contribution in [0.1, 0.15) is 25.8 Å². The van der Waals surface area contributed by atoms with E-state index < -0.39 is 0 Å². The Bertz CT molecular complexity index is 433. The van der Waals surface area contributed by atoms with Gasteiger partial charge in [0.1, 0.15) is 4.99 Å². The van der Waals surface area contributed by atoms with Gasteiger partial charge in [0.2, 0.25) is 5.91 Å². The van der Waals surface area contributed by atoms with Gasteiger partial charge < -0.3 is 15.8 Å². The standard InChI is InChI=1S/C13H18N2O2S/c1-9(2)17-8-7-12(16)15-11-6-4-3-5-10(11)13(14)18/h3-6,9H,7-8H2,1-2H3,(H2,14,18)(H,15,16). The molecule has 0 radical (unpaired) electrons. The van der Waals surface area contributed by atoms with E-state index in [-0.39, 0.29) is 17.0 Å². The van der Waals surface area contributed by atoms with E-state index in [0.717, 1.165) is 0 Å². The van der Waals surface area contributed by atoms with E-state index in [1.807, 2.05) is 26.0 Å². The van der Waals surface area contributed by atoms with E-state index >= 15 is 0 Å². The average molecular weight is 266 g/mol. The summed E-state index contributed by atoms with van der Waals surface area (Å²) in [5.74, 6) is -0.112. The van der Waals surface area contributed by atoms with Crippen molar-refractivity contribution >= 4 is 28.8 Å². The van der Waals surface area contributed by atoms with Crippen molar-refractivity contribution in [2.45, 2.75) is 26.4 Å². The van der Waals surface area contributed by atoms with Crippen LogP contribution in [-0.2, 0) is 9.53 Å². The number of carbonyl (C=O) groups excluding carboxylic acids is 1. The Morgan fingerprint density at radius 2 is 2.11 bits per heavy atom. The minimum Gasteiger partial charge on any atom is -0.389 e. The molecule has 0 saturated heterocycles. The molecule has 98 valence electrons. The number of nitrogens with two attached hydrogens (primary N) is 1. The van der Waals surface area contributed by atoms with Gasteiger partial charge in [-0.25, -0.2) is 0 Å². The van der Waals surface area contributed by atoms with Crippen LogP contribution >= 0.6 is 12.2 Å². The Morgan fingerprint density at radius 3 is 2.72 bits per heavy atom. The van der Waals surface area contributed by atoms with E-state index in [2.05, 4.69) is 5.32 Å².